The zero-order valence-electron chi connectivity index (χ0n) is 12.0. The number of nitrogens with one attached hydrogen (secondary N) is 1. The van der Waals surface area contributed by atoms with Crippen LogP contribution >= 0.6 is 15.9 Å². The van der Waals surface area contributed by atoms with Crippen LogP contribution in [0.4, 0.5) is 10.1 Å². The molecule has 0 heterocycles. The second-order valence-electron chi connectivity index (χ2n) is 5.01. The van der Waals surface area contributed by atoms with Crippen LogP contribution in [-0.4, -0.2) is 5.91 Å². The number of hydrogen-bond acceptors (Lipinski definition) is 1. The Hall–Kier alpha value is -1.68. The van der Waals surface area contributed by atoms with E-state index < -0.39 is 11.7 Å². The van der Waals surface area contributed by atoms with Crippen molar-refractivity contribution in [1.82, 2.24) is 0 Å². The molecule has 4 heteroatoms. The smallest absolute Gasteiger partial charge is 0.258 e. The van der Waals surface area contributed by atoms with Gasteiger partial charge in [0.2, 0.25) is 0 Å². The molecule has 1 unspecified atom stereocenters. The average Bonchev–Trinajstić information content (AvgIpc) is 2.49. The standard InChI is InChI=1S/C17H17BrFNO/c1-3-11(2)12-4-7-14(8-5-12)20-17(21)15-10-13(18)6-9-16(15)19/h4-11H,3H2,1-2H3,(H,20,21). The maximum absolute atomic E-state index is 13.7. The zero-order valence-corrected chi connectivity index (χ0v) is 13.6. The summed E-state index contributed by atoms with van der Waals surface area (Å²) in [7, 11) is 0. The highest BCUT2D eigenvalue weighted by Gasteiger charge is 2.12. The second-order valence-corrected chi connectivity index (χ2v) is 5.93. The summed E-state index contributed by atoms with van der Waals surface area (Å²) in [5.41, 5.74) is 1.91. The Kier molecular flexibility index (Phi) is 5.12. The monoisotopic (exact) mass is 349 g/mol. The summed E-state index contributed by atoms with van der Waals surface area (Å²) in [5, 5.41) is 2.71. The summed E-state index contributed by atoms with van der Waals surface area (Å²) in [4.78, 5) is 12.1. The first-order valence-electron chi connectivity index (χ1n) is 6.87. The van der Waals surface area contributed by atoms with Crippen molar-refractivity contribution in [2.45, 2.75) is 26.2 Å². The van der Waals surface area contributed by atoms with E-state index in [9.17, 15) is 9.18 Å². The normalized spacial score (nSPS) is 12.0. The number of halogens is 2. The molecule has 1 N–H and O–H groups in total. The van der Waals surface area contributed by atoms with E-state index in [2.05, 4.69) is 35.1 Å². The van der Waals surface area contributed by atoms with Crippen LogP contribution in [-0.2, 0) is 0 Å². The van der Waals surface area contributed by atoms with Gasteiger partial charge in [0.25, 0.3) is 5.91 Å². The molecule has 0 aromatic heterocycles. The Bertz CT molecular complexity index is 640. The first kappa shape index (κ1) is 15.7. The van der Waals surface area contributed by atoms with Crippen molar-refractivity contribution in [1.29, 1.82) is 0 Å². The van der Waals surface area contributed by atoms with Crippen molar-refractivity contribution in [3.63, 3.8) is 0 Å². The molecule has 0 aliphatic carbocycles. The van der Waals surface area contributed by atoms with Gasteiger partial charge < -0.3 is 5.32 Å². The predicted octanol–water partition coefficient (Wildman–Crippen LogP) is 5.35. The fourth-order valence-corrected chi connectivity index (χ4v) is 2.36. The lowest BCUT2D eigenvalue weighted by Gasteiger charge is -2.11. The number of rotatable bonds is 4. The van der Waals surface area contributed by atoms with Gasteiger partial charge in [0.1, 0.15) is 5.82 Å². The van der Waals surface area contributed by atoms with Gasteiger partial charge in [-0.15, -0.1) is 0 Å². The molecule has 2 rings (SSSR count). The highest BCUT2D eigenvalue weighted by Crippen LogP contribution is 2.21. The van der Waals surface area contributed by atoms with Crippen molar-refractivity contribution in [2.24, 2.45) is 0 Å². The van der Waals surface area contributed by atoms with Gasteiger partial charge in [-0.2, -0.15) is 0 Å². The Morgan fingerprint density at radius 3 is 2.52 bits per heavy atom. The molecule has 0 aliphatic heterocycles. The third-order valence-electron chi connectivity index (χ3n) is 3.52. The van der Waals surface area contributed by atoms with Crippen LogP contribution in [0.5, 0.6) is 0 Å². The van der Waals surface area contributed by atoms with Gasteiger partial charge in [-0.3, -0.25) is 4.79 Å². The van der Waals surface area contributed by atoms with Crippen LogP contribution in [0.25, 0.3) is 0 Å². The summed E-state index contributed by atoms with van der Waals surface area (Å²) in [6, 6.07) is 12.0. The molecule has 1 amide bonds. The van der Waals surface area contributed by atoms with Crippen molar-refractivity contribution < 1.29 is 9.18 Å². The molecule has 110 valence electrons. The summed E-state index contributed by atoms with van der Waals surface area (Å²) in [6.07, 6.45) is 1.06. The van der Waals surface area contributed by atoms with Crippen LogP contribution < -0.4 is 5.32 Å². The highest BCUT2D eigenvalue weighted by atomic mass is 79.9. The minimum atomic E-state index is -0.535. The van der Waals surface area contributed by atoms with Gasteiger partial charge >= 0.3 is 0 Å². The van der Waals surface area contributed by atoms with Gasteiger partial charge in [0, 0.05) is 10.2 Å². The predicted molar refractivity (Wildman–Crippen MR) is 87.2 cm³/mol. The number of amides is 1. The number of hydrogen-bond donors (Lipinski definition) is 1. The molecule has 2 nitrogen and oxygen atoms in total. The SMILES string of the molecule is CCC(C)c1ccc(NC(=O)c2cc(Br)ccc2F)cc1. The molecule has 0 radical (unpaired) electrons. The molecule has 1 atom stereocenters. The summed E-state index contributed by atoms with van der Waals surface area (Å²) >= 11 is 3.24. The van der Waals surface area contributed by atoms with Crippen LogP contribution in [0.2, 0.25) is 0 Å². The minimum absolute atomic E-state index is 0.0235. The van der Waals surface area contributed by atoms with E-state index in [0.29, 0.717) is 16.1 Å². The van der Waals surface area contributed by atoms with Crippen LogP contribution in [0.15, 0.2) is 46.9 Å². The molecule has 0 aliphatic rings. The molecule has 0 bridgehead atoms. The lowest BCUT2D eigenvalue weighted by atomic mass is 9.98. The second kappa shape index (κ2) is 6.85. The van der Waals surface area contributed by atoms with E-state index in [1.54, 1.807) is 6.07 Å². The van der Waals surface area contributed by atoms with E-state index in [4.69, 9.17) is 0 Å². The molecule has 0 spiro atoms. The van der Waals surface area contributed by atoms with Crippen LogP contribution in [0.3, 0.4) is 0 Å². The summed E-state index contributed by atoms with van der Waals surface area (Å²) in [6.45, 7) is 4.29. The molecule has 0 fully saturated rings. The zero-order chi connectivity index (χ0) is 15.4. The summed E-state index contributed by atoms with van der Waals surface area (Å²) < 4.78 is 14.3. The molecule has 21 heavy (non-hydrogen) atoms. The Labute approximate surface area is 132 Å². The van der Waals surface area contributed by atoms with E-state index in [1.165, 1.54) is 17.7 Å². The Morgan fingerprint density at radius 1 is 1.24 bits per heavy atom. The van der Waals surface area contributed by atoms with Gasteiger partial charge in [0.15, 0.2) is 0 Å². The summed E-state index contributed by atoms with van der Waals surface area (Å²) in [5.74, 6) is -0.505. The first-order chi connectivity index (χ1) is 10.0. The molecule has 2 aromatic rings. The quantitative estimate of drug-likeness (QED) is 0.791. The van der Waals surface area contributed by atoms with Gasteiger partial charge in [-0.25, -0.2) is 4.39 Å². The maximum Gasteiger partial charge on any atom is 0.258 e. The van der Waals surface area contributed by atoms with Gasteiger partial charge in [-0.1, -0.05) is 41.9 Å². The minimum Gasteiger partial charge on any atom is -0.322 e. The highest BCUT2D eigenvalue weighted by molar-refractivity contribution is 9.10. The van der Waals surface area contributed by atoms with E-state index in [1.807, 2.05) is 24.3 Å². The van der Waals surface area contributed by atoms with E-state index in [-0.39, 0.29) is 5.56 Å². The fraction of sp³-hybridized carbons (Fsp3) is 0.235. The lowest BCUT2D eigenvalue weighted by molar-refractivity contribution is 0.102. The molecular formula is C17H17BrFNO. The largest absolute Gasteiger partial charge is 0.322 e. The van der Waals surface area contributed by atoms with Crippen molar-refractivity contribution in [3.05, 3.63) is 63.9 Å². The van der Waals surface area contributed by atoms with Gasteiger partial charge in [-0.05, 0) is 48.2 Å². The topological polar surface area (TPSA) is 29.1 Å². The van der Waals surface area contributed by atoms with Gasteiger partial charge in [0.05, 0.1) is 5.56 Å². The number of anilines is 1. The fourth-order valence-electron chi connectivity index (χ4n) is 2.00. The van der Waals surface area contributed by atoms with Crippen molar-refractivity contribution >= 4 is 27.5 Å². The van der Waals surface area contributed by atoms with Crippen LogP contribution in [0, 0.1) is 5.82 Å². The lowest BCUT2D eigenvalue weighted by Crippen LogP contribution is -2.13. The average molecular weight is 350 g/mol. The third kappa shape index (κ3) is 3.91. The molecular weight excluding hydrogens is 333 g/mol. The molecule has 0 saturated heterocycles. The molecule has 0 saturated carbocycles. The van der Waals surface area contributed by atoms with Crippen molar-refractivity contribution in [3.8, 4) is 0 Å². The Morgan fingerprint density at radius 2 is 1.90 bits per heavy atom. The number of carbonyl (C=O) groups excluding carboxylic acids is 1. The number of benzene rings is 2. The third-order valence-corrected chi connectivity index (χ3v) is 4.02. The maximum atomic E-state index is 13.7. The first-order valence-corrected chi connectivity index (χ1v) is 7.67. The van der Waals surface area contributed by atoms with E-state index in [0.717, 1.165) is 6.42 Å². The number of carbonyl (C=O) groups is 1. The van der Waals surface area contributed by atoms with Crippen LogP contribution in [0.1, 0.15) is 42.1 Å². The molecule has 2 aromatic carbocycles. The van der Waals surface area contributed by atoms with Crippen molar-refractivity contribution in [2.75, 3.05) is 5.32 Å². The van der Waals surface area contributed by atoms with E-state index >= 15 is 0 Å². The Balaban J connectivity index is 2.14.